The van der Waals surface area contributed by atoms with E-state index in [0.717, 1.165) is 11.4 Å². The molecular formula is C68H56N2Si2. The lowest BCUT2D eigenvalue weighted by Gasteiger charge is -2.21. The van der Waals surface area contributed by atoms with Crippen LogP contribution in [0, 0.1) is 0 Å². The van der Waals surface area contributed by atoms with Gasteiger partial charge in [-0.2, -0.15) is 0 Å². The Kier molecular flexibility index (Phi) is 10.3. The fourth-order valence-corrected chi connectivity index (χ4v) is 13.8. The SMILES string of the molecule is C[Si](C)(C)c1ccc(-c2ccc(-c3c4ccc(-n5c6ccccc6c6ccccc65)cc4c(-c4ccc(-c5ccc([Si](C)(C)C)cc5)cc4)c4ccc(-n5c6ccccc6c6ccccc65)cc34)cc2)cc1. The number of para-hydroxylation sites is 4. The van der Waals surface area contributed by atoms with Gasteiger partial charge in [-0.15, -0.1) is 0 Å². The maximum atomic E-state index is 2.46. The summed E-state index contributed by atoms with van der Waals surface area (Å²) in [6.07, 6.45) is 0. The van der Waals surface area contributed by atoms with E-state index >= 15 is 0 Å². The second-order valence-corrected chi connectivity index (χ2v) is 31.9. The van der Waals surface area contributed by atoms with E-state index in [1.807, 2.05) is 0 Å². The van der Waals surface area contributed by atoms with Gasteiger partial charge in [0.15, 0.2) is 0 Å². The average Bonchev–Trinajstić information content (AvgIpc) is 3.93. The van der Waals surface area contributed by atoms with Gasteiger partial charge < -0.3 is 9.13 Å². The Morgan fingerprint density at radius 3 is 0.792 bits per heavy atom. The van der Waals surface area contributed by atoms with Crippen LogP contribution >= 0.6 is 0 Å². The van der Waals surface area contributed by atoms with Gasteiger partial charge in [-0.3, -0.25) is 0 Å². The number of fused-ring (bicyclic) bond motifs is 8. The summed E-state index contributed by atoms with van der Waals surface area (Å²) in [6.45, 7) is 14.5. The van der Waals surface area contributed by atoms with Crippen LogP contribution in [0.1, 0.15) is 0 Å². The van der Waals surface area contributed by atoms with Gasteiger partial charge >= 0.3 is 0 Å². The first-order valence-corrected chi connectivity index (χ1v) is 32.4. The minimum Gasteiger partial charge on any atom is -0.309 e. The molecule has 72 heavy (non-hydrogen) atoms. The molecule has 0 N–H and O–H groups in total. The highest BCUT2D eigenvalue weighted by Gasteiger charge is 2.23. The lowest BCUT2D eigenvalue weighted by atomic mass is 9.85. The van der Waals surface area contributed by atoms with E-state index in [0.29, 0.717) is 0 Å². The summed E-state index contributed by atoms with van der Waals surface area (Å²) in [7, 11) is -2.85. The predicted molar refractivity (Wildman–Crippen MR) is 318 cm³/mol. The summed E-state index contributed by atoms with van der Waals surface area (Å²) in [5.41, 5.74) is 16.9. The van der Waals surface area contributed by atoms with E-state index in [2.05, 4.69) is 279 Å². The van der Waals surface area contributed by atoms with Gasteiger partial charge in [0.05, 0.1) is 38.2 Å². The zero-order valence-corrected chi connectivity index (χ0v) is 43.8. The normalized spacial score (nSPS) is 12.3. The molecule has 0 aliphatic rings. The van der Waals surface area contributed by atoms with Gasteiger partial charge in [-0.1, -0.05) is 232 Å². The van der Waals surface area contributed by atoms with Crippen molar-refractivity contribution in [3.63, 3.8) is 0 Å². The molecule has 2 heterocycles. The van der Waals surface area contributed by atoms with Gasteiger partial charge in [0.25, 0.3) is 0 Å². The molecule has 13 aromatic rings. The summed E-state index contributed by atoms with van der Waals surface area (Å²) in [4.78, 5) is 0. The molecule has 346 valence electrons. The third-order valence-electron chi connectivity index (χ3n) is 15.3. The lowest BCUT2D eigenvalue weighted by molar-refractivity contribution is 1.18. The zero-order valence-electron chi connectivity index (χ0n) is 41.8. The largest absolute Gasteiger partial charge is 0.309 e. The molecule has 11 aromatic carbocycles. The van der Waals surface area contributed by atoms with Crippen LogP contribution in [-0.4, -0.2) is 25.3 Å². The monoisotopic (exact) mass is 956 g/mol. The summed E-state index contributed by atoms with van der Waals surface area (Å²) >= 11 is 0. The number of hydrogen-bond donors (Lipinski definition) is 0. The van der Waals surface area contributed by atoms with E-state index in [1.54, 1.807) is 0 Å². The van der Waals surface area contributed by atoms with Crippen LogP contribution in [0.5, 0.6) is 0 Å². The highest BCUT2D eigenvalue weighted by Crippen LogP contribution is 2.47. The van der Waals surface area contributed by atoms with Crippen LogP contribution in [0.2, 0.25) is 39.3 Å². The van der Waals surface area contributed by atoms with Crippen molar-refractivity contribution in [3.8, 4) is 55.9 Å². The molecule has 0 saturated heterocycles. The molecule has 2 nitrogen and oxygen atoms in total. The highest BCUT2D eigenvalue weighted by molar-refractivity contribution is 6.89. The van der Waals surface area contributed by atoms with Crippen molar-refractivity contribution >= 4 is 91.7 Å². The molecule has 0 unspecified atom stereocenters. The minimum absolute atomic E-state index is 1.14. The maximum Gasteiger partial charge on any atom is 0.0775 e. The van der Waals surface area contributed by atoms with Gasteiger partial charge in [-0.05, 0) is 115 Å². The fraction of sp³-hybridized carbons (Fsp3) is 0.0882. The molecule has 0 radical (unpaired) electrons. The topological polar surface area (TPSA) is 9.86 Å². The average molecular weight is 957 g/mol. The first-order valence-electron chi connectivity index (χ1n) is 25.4. The van der Waals surface area contributed by atoms with Crippen molar-refractivity contribution in [1.82, 2.24) is 9.13 Å². The molecule has 0 fully saturated rings. The van der Waals surface area contributed by atoms with E-state index in [4.69, 9.17) is 0 Å². The molecule has 4 heteroatoms. The number of rotatable bonds is 8. The second kappa shape index (κ2) is 16.8. The predicted octanol–water partition coefficient (Wildman–Crippen LogP) is 17.9. The number of aromatic nitrogens is 2. The summed E-state index contributed by atoms with van der Waals surface area (Å²) in [5, 5.41) is 12.9. The summed E-state index contributed by atoms with van der Waals surface area (Å²) in [6, 6.07) is 87.1. The Labute approximate surface area is 424 Å². The van der Waals surface area contributed by atoms with Crippen LogP contribution in [-0.2, 0) is 0 Å². The van der Waals surface area contributed by atoms with E-state index in [9.17, 15) is 0 Å². The number of hydrogen-bond acceptors (Lipinski definition) is 0. The van der Waals surface area contributed by atoms with Crippen LogP contribution < -0.4 is 10.4 Å². The summed E-state index contributed by atoms with van der Waals surface area (Å²) in [5.74, 6) is 0. The molecule has 0 saturated carbocycles. The molecule has 0 aliphatic heterocycles. The Morgan fingerprint density at radius 2 is 0.500 bits per heavy atom. The molecule has 0 amide bonds. The van der Waals surface area contributed by atoms with E-state index < -0.39 is 16.1 Å². The molecule has 0 spiro atoms. The Bertz CT molecular complexity index is 3850. The molecule has 13 rings (SSSR count). The molecular weight excluding hydrogens is 901 g/mol. The third-order valence-corrected chi connectivity index (χ3v) is 19.4. The number of benzene rings is 11. The fourth-order valence-electron chi connectivity index (χ4n) is 11.5. The van der Waals surface area contributed by atoms with Crippen molar-refractivity contribution < 1.29 is 0 Å². The quantitative estimate of drug-likeness (QED) is 0.106. The first-order chi connectivity index (χ1) is 35.0. The maximum absolute atomic E-state index is 2.46. The molecule has 0 atom stereocenters. The van der Waals surface area contributed by atoms with Crippen molar-refractivity contribution in [2.75, 3.05) is 0 Å². The number of nitrogens with zero attached hydrogens (tertiary/aromatic N) is 2. The molecule has 2 aromatic heterocycles. The van der Waals surface area contributed by atoms with Crippen LogP contribution in [0.4, 0.5) is 0 Å². The van der Waals surface area contributed by atoms with Gasteiger partial charge in [-0.25, -0.2) is 0 Å². The van der Waals surface area contributed by atoms with Crippen molar-refractivity contribution in [3.05, 3.63) is 231 Å². The van der Waals surface area contributed by atoms with Crippen molar-refractivity contribution in [1.29, 1.82) is 0 Å². The lowest BCUT2D eigenvalue weighted by Crippen LogP contribution is -2.37. The minimum atomic E-state index is -1.43. The summed E-state index contributed by atoms with van der Waals surface area (Å²) < 4.78 is 4.91. The molecule has 0 bridgehead atoms. The third kappa shape index (κ3) is 7.27. The Morgan fingerprint density at radius 1 is 0.236 bits per heavy atom. The zero-order chi connectivity index (χ0) is 48.9. The van der Waals surface area contributed by atoms with Crippen LogP contribution in [0.15, 0.2) is 231 Å². The smallest absolute Gasteiger partial charge is 0.0775 e. The Balaban J connectivity index is 1.09. The first kappa shape index (κ1) is 44.0. The second-order valence-electron chi connectivity index (χ2n) is 21.8. The van der Waals surface area contributed by atoms with Gasteiger partial charge in [0.2, 0.25) is 0 Å². The van der Waals surface area contributed by atoms with Crippen LogP contribution in [0.25, 0.3) is 121 Å². The molecule has 0 aliphatic carbocycles. The Hall–Kier alpha value is -8.03. The van der Waals surface area contributed by atoms with E-state index in [-0.39, 0.29) is 0 Å². The van der Waals surface area contributed by atoms with Gasteiger partial charge in [0.1, 0.15) is 0 Å². The van der Waals surface area contributed by atoms with Crippen LogP contribution in [0.3, 0.4) is 0 Å². The van der Waals surface area contributed by atoms with Gasteiger partial charge in [0, 0.05) is 32.9 Å². The van der Waals surface area contributed by atoms with Crippen molar-refractivity contribution in [2.45, 2.75) is 39.3 Å². The van der Waals surface area contributed by atoms with E-state index in [1.165, 1.54) is 120 Å². The standard InChI is InChI=1S/C68H56N2Si2/c1-71(2,3)53-37-31-47(32-38-53)45-23-27-49(28-24-45)67-59-41-35-52(70-65-21-13-9-17-57(65)58-18-10-14-22-66(58)70)44-62(59)68(50-29-25-46(26-30-50)48-33-39-54(40-34-48)72(4,5)6)60-42-36-51(43-61(60)67)69-63-19-11-7-15-55(63)56-16-8-12-20-64(56)69/h7-44H,1-6H3. The van der Waals surface area contributed by atoms with Crippen molar-refractivity contribution in [2.24, 2.45) is 0 Å². The highest BCUT2D eigenvalue weighted by atomic mass is 28.3.